The van der Waals surface area contributed by atoms with Gasteiger partial charge in [0.1, 0.15) is 0 Å². The lowest BCUT2D eigenvalue weighted by Crippen LogP contribution is -2.13. The van der Waals surface area contributed by atoms with Crippen molar-refractivity contribution in [2.45, 2.75) is 23.0 Å². The Morgan fingerprint density at radius 1 is 1.00 bits per heavy atom. The molecule has 0 unspecified atom stereocenters. The maximum absolute atomic E-state index is 12.8. The predicted molar refractivity (Wildman–Crippen MR) is 83.9 cm³/mol. The van der Waals surface area contributed by atoms with Gasteiger partial charge in [0.05, 0.1) is 10.1 Å². The molecule has 0 aliphatic heterocycles. The molecule has 3 rings (SSSR count). The molecule has 3 atom stereocenters. The highest BCUT2D eigenvalue weighted by Crippen LogP contribution is 2.53. The lowest BCUT2D eigenvalue weighted by molar-refractivity contribution is 0.591. The van der Waals surface area contributed by atoms with Gasteiger partial charge in [0.15, 0.2) is 9.84 Å². The van der Waals surface area contributed by atoms with Crippen LogP contribution in [0.2, 0.25) is 0 Å². The second kappa shape index (κ2) is 5.28. The zero-order valence-electron chi connectivity index (χ0n) is 11.9. The first kappa shape index (κ1) is 14.3. The molecule has 1 fully saturated rings. The lowest BCUT2D eigenvalue weighted by Gasteiger charge is -2.04. The average Bonchev–Trinajstić information content (AvgIpc) is 3.24. The zero-order valence-corrected chi connectivity index (χ0v) is 12.8. The van der Waals surface area contributed by atoms with Gasteiger partial charge in [-0.2, -0.15) is 0 Å². The minimum absolute atomic E-state index is 0.0120. The van der Waals surface area contributed by atoms with Crippen molar-refractivity contribution in [3.63, 3.8) is 0 Å². The largest absolute Gasteiger partial charge is 0.330 e. The summed E-state index contributed by atoms with van der Waals surface area (Å²) in [7, 11) is -3.31. The number of hydrogen-bond donors (Lipinski definition) is 1. The fraction of sp³-hybridized carbons (Fsp3) is 0.294. The van der Waals surface area contributed by atoms with E-state index >= 15 is 0 Å². The van der Waals surface area contributed by atoms with Gasteiger partial charge in [0.25, 0.3) is 0 Å². The van der Waals surface area contributed by atoms with Crippen LogP contribution in [-0.2, 0) is 9.84 Å². The highest BCUT2D eigenvalue weighted by atomic mass is 32.2. The standard InChI is InChI=1S/C17H19NO2S/c1-12-7-9-13(10-8-12)16-15(11-18)17(16)21(19,20)14-5-3-2-4-6-14/h2-10,15-17H,11,18H2,1H3/t15-,16+,17-/m0/s1. The minimum atomic E-state index is -3.31. The van der Waals surface area contributed by atoms with Gasteiger partial charge in [-0.15, -0.1) is 0 Å². The highest BCUT2D eigenvalue weighted by molar-refractivity contribution is 7.92. The molecule has 0 heterocycles. The summed E-state index contributed by atoms with van der Waals surface area (Å²) in [6, 6.07) is 16.7. The van der Waals surface area contributed by atoms with Gasteiger partial charge in [0, 0.05) is 5.92 Å². The summed E-state index contributed by atoms with van der Waals surface area (Å²) < 4.78 is 25.5. The van der Waals surface area contributed by atoms with Crippen molar-refractivity contribution in [3.05, 3.63) is 65.7 Å². The van der Waals surface area contributed by atoms with E-state index in [1.54, 1.807) is 24.3 Å². The minimum Gasteiger partial charge on any atom is -0.330 e. The first-order chi connectivity index (χ1) is 10.1. The van der Waals surface area contributed by atoms with E-state index in [9.17, 15) is 8.42 Å². The van der Waals surface area contributed by atoms with Gasteiger partial charge in [0.2, 0.25) is 0 Å². The number of hydrogen-bond acceptors (Lipinski definition) is 3. The fourth-order valence-electron chi connectivity index (χ4n) is 3.04. The van der Waals surface area contributed by atoms with Crippen LogP contribution in [0.25, 0.3) is 0 Å². The molecule has 1 aliphatic rings. The van der Waals surface area contributed by atoms with E-state index in [0.29, 0.717) is 11.4 Å². The Hall–Kier alpha value is -1.65. The third-order valence-corrected chi connectivity index (χ3v) is 6.55. The highest BCUT2D eigenvalue weighted by Gasteiger charge is 2.57. The molecule has 21 heavy (non-hydrogen) atoms. The smallest absolute Gasteiger partial charge is 0.182 e. The van der Waals surface area contributed by atoms with Crippen LogP contribution in [0.5, 0.6) is 0 Å². The molecule has 3 nitrogen and oxygen atoms in total. The van der Waals surface area contributed by atoms with Crippen molar-refractivity contribution in [3.8, 4) is 0 Å². The molecule has 0 aromatic heterocycles. The molecule has 0 saturated heterocycles. The molecule has 2 aromatic rings. The maximum Gasteiger partial charge on any atom is 0.182 e. The van der Waals surface area contributed by atoms with E-state index in [2.05, 4.69) is 0 Å². The Kier molecular flexibility index (Phi) is 3.59. The monoisotopic (exact) mass is 301 g/mol. The molecule has 0 amide bonds. The first-order valence-electron chi connectivity index (χ1n) is 7.11. The Morgan fingerprint density at radius 3 is 2.19 bits per heavy atom. The molecule has 2 N–H and O–H groups in total. The van der Waals surface area contributed by atoms with Crippen LogP contribution in [0.3, 0.4) is 0 Å². The van der Waals surface area contributed by atoms with Crippen LogP contribution in [0.15, 0.2) is 59.5 Å². The molecule has 0 radical (unpaired) electrons. The van der Waals surface area contributed by atoms with E-state index in [-0.39, 0.29) is 11.8 Å². The second-order valence-corrected chi connectivity index (χ2v) is 7.76. The van der Waals surface area contributed by atoms with Crippen molar-refractivity contribution < 1.29 is 8.42 Å². The molecule has 1 saturated carbocycles. The van der Waals surface area contributed by atoms with E-state index in [0.717, 1.165) is 5.56 Å². The predicted octanol–water partition coefficient (Wildman–Crippen LogP) is 2.51. The van der Waals surface area contributed by atoms with Gasteiger partial charge in [-0.25, -0.2) is 8.42 Å². The summed E-state index contributed by atoms with van der Waals surface area (Å²) >= 11 is 0. The SMILES string of the molecule is Cc1ccc([C@@H]2[C@H](CN)[C@@H]2S(=O)(=O)c2ccccc2)cc1. The number of benzene rings is 2. The van der Waals surface area contributed by atoms with Crippen LogP contribution in [-0.4, -0.2) is 20.2 Å². The first-order valence-corrected chi connectivity index (χ1v) is 8.66. The summed E-state index contributed by atoms with van der Waals surface area (Å²) in [5, 5.41) is -0.396. The number of sulfone groups is 1. The van der Waals surface area contributed by atoms with E-state index in [1.807, 2.05) is 37.3 Å². The maximum atomic E-state index is 12.8. The summed E-state index contributed by atoms with van der Waals surface area (Å²) in [5.74, 6) is 0.0266. The second-order valence-electron chi connectivity index (χ2n) is 5.66. The third-order valence-electron chi connectivity index (χ3n) is 4.26. The summed E-state index contributed by atoms with van der Waals surface area (Å²) in [5.41, 5.74) is 8.03. The molecule has 0 bridgehead atoms. The number of rotatable bonds is 4. The average molecular weight is 301 g/mol. The Labute approximate surface area is 125 Å². The van der Waals surface area contributed by atoms with Crippen LogP contribution in [0.4, 0.5) is 0 Å². The van der Waals surface area contributed by atoms with E-state index in [4.69, 9.17) is 5.73 Å². The quantitative estimate of drug-likeness (QED) is 0.944. The lowest BCUT2D eigenvalue weighted by atomic mass is 10.1. The van der Waals surface area contributed by atoms with Crippen molar-refractivity contribution in [2.24, 2.45) is 11.7 Å². The number of aryl methyl sites for hydroxylation is 1. The normalized spacial score (nSPS) is 24.8. The molecular weight excluding hydrogens is 282 g/mol. The Morgan fingerprint density at radius 2 is 1.62 bits per heavy atom. The molecular formula is C17H19NO2S. The van der Waals surface area contributed by atoms with Crippen molar-refractivity contribution in [2.75, 3.05) is 6.54 Å². The van der Waals surface area contributed by atoms with Gasteiger partial charge in [-0.1, -0.05) is 48.0 Å². The van der Waals surface area contributed by atoms with Gasteiger partial charge >= 0.3 is 0 Å². The molecule has 0 spiro atoms. The molecule has 4 heteroatoms. The zero-order chi connectivity index (χ0) is 15.0. The summed E-state index contributed by atoms with van der Waals surface area (Å²) in [6.45, 7) is 2.42. The number of nitrogens with two attached hydrogens (primary N) is 1. The van der Waals surface area contributed by atoms with Crippen LogP contribution in [0, 0.1) is 12.8 Å². The molecule has 2 aromatic carbocycles. The van der Waals surface area contributed by atoms with Gasteiger partial charge in [-0.05, 0) is 37.1 Å². The Bertz CT molecular complexity index is 723. The summed E-state index contributed by atoms with van der Waals surface area (Å²) in [4.78, 5) is 0.392. The summed E-state index contributed by atoms with van der Waals surface area (Å²) in [6.07, 6.45) is 0. The Balaban J connectivity index is 1.94. The van der Waals surface area contributed by atoms with Gasteiger partial charge in [-0.3, -0.25) is 0 Å². The van der Waals surface area contributed by atoms with E-state index < -0.39 is 15.1 Å². The van der Waals surface area contributed by atoms with Gasteiger partial charge < -0.3 is 5.73 Å². The van der Waals surface area contributed by atoms with Crippen molar-refractivity contribution in [1.29, 1.82) is 0 Å². The topological polar surface area (TPSA) is 60.2 Å². The van der Waals surface area contributed by atoms with Crippen LogP contribution in [0.1, 0.15) is 17.0 Å². The van der Waals surface area contributed by atoms with Crippen LogP contribution < -0.4 is 5.73 Å². The van der Waals surface area contributed by atoms with Crippen molar-refractivity contribution >= 4 is 9.84 Å². The van der Waals surface area contributed by atoms with Crippen LogP contribution >= 0.6 is 0 Å². The van der Waals surface area contributed by atoms with Crippen molar-refractivity contribution in [1.82, 2.24) is 0 Å². The molecule has 110 valence electrons. The van der Waals surface area contributed by atoms with E-state index in [1.165, 1.54) is 5.56 Å². The third kappa shape index (κ3) is 2.49. The molecule has 1 aliphatic carbocycles. The fourth-order valence-corrected chi connectivity index (χ4v) is 5.28.